The first-order valence-corrected chi connectivity index (χ1v) is 23.7. The number of nitrogens with one attached hydrogen (secondary N) is 1. The maximum absolute atomic E-state index is 13.1. The second-order valence-electron chi connectivity index (χ2n) is 15.4. The minimum absolute atomic E-state index is 0.255. The van der Waals surface area contributed by atoms with Gasteiger partial charge in [0, 0.05) is 6.42 Å². The molecule has 0 bridgehead atoms. The van der Waals surface area contributed by atoms with Crippen LogP contribution in [0.1, 0.15) is 217 Å². The molecule has 0 aliphatic rings. The molecule has 0 heterocycles. The van der Waals surface area contributed by atoms with Crippen LogP contribution >= 0.6 is 7.82 Å². The minimum atomic E-state index is -4.83. The molecule has 0 spiro atoms. The van der Waals surface area contributed by atoms with Crippen LogP contribution in [0, 0.1) is 0 Å². The van der Waals surface area contributed by atoms with E-state index in [1.807, 2.05) is 6.08 Å². The summed E-state index contributed by atoms with van der Waals surface area (Å²) < 4.78 is 22.3. The molecule has 0 radical (unpaired) electrons. The maximum Gasteiger partial charge on any atom is 0.469 e. The van der Waals surface area contributed by atoms with Gasteiger partial charge in [0.15, 0.2) is 0 Å². The van der Waals surface area contributed by atoms with Gasteiger partial charge in [-0.25, -0.2) is 9.36 Å². The fraction of sp³-hybridized carbons (Fsp3) is 0.778. The average molecular weight is 778 g/mol. The number of ether oxygens (including phenoxy) is 1. The minimum Gasteiger partial charge on any atom is -0.452 e. The standard InChI is InChI=1S/C45H80NO7P/c1-3-5-7-9-11-13-15-17-19-21-23-25-27-29-34-38-43(53-45(48)41-36-32-31-33-37-41)42(40-52-54(49,50)51)46-44(47)39-35-30-28-26-24-22-20-18-16-14-12-10-8-6-4-2/h31-34,36-38,42-43H,3-30,35,39-40H2,1-2H3,(H,46,47)(H2,49,50,51)/b38-34+/t42-,43+/m0/s1. The third-order valence-corrected chi connectivity index (χ3v) is 10.7. The number of phosphoric acid groups is 1. The van der Waals surface area contributed by atoms with Gasteiger partial charge in [-0.15, -0.1) is 0 Å². The summed E-state index contributed by atoms with van der Waals surface area (Å²) in [5.41, 5.74) is 0.353. The molecular formula is C45H80NO7P. The van der Waals surface area contributed by atoms with Gasteiger partial charge in [-0.2, -0.15) is 0 Å². The Kier molecular flexibility index (Phi) is 32.8. The fourth-order valence-electron chi connectivity index (χ4n) is 6.86. The predicted molar refractivity (Wildman–Crippen MR) is 225 cm³/mol. The molecule has 54 heavy (non-hydrogen) atoms. The van der Waals surface area contributed by atoms with Gasteiger partial charge < -0.3 is 19.8 Å². The molecular weight excluding hydrogens is 697 g/mol. The summed E-state index contributed by atoms with van der Waals surface area (Å²) in [7, 11) is -4.83. The van der Waals surface area contributed by atoms with Gasteiger partial charge in [-0.05, 0) is 37.5 Å². The van der Waals surface area contributed by atoms with Crippen molar-refractivity contribution in [3.05, 3.63) is 48.0 Å². The second kappa shape index (κ2) is 35.4. The van der Waals surface area contributed by atoms with E-state index in [-0.39, 0.29) is 12.3 Å². The number of carbonyl (C=O) groups is 2. The zero-order valence-electron chi connectivity index (χ0n) is 34.5. The lowest BCUT2D eigenvalue weighted by Crippen LogP contribution is -2.47. The molecule has 1 aromatic carbocycles. The molecule has 1 amide bonds. The third kappa shape index (κ3) is 31.2. The molecule has 0 aliphatic carbocycles. The Hall–Kier alpha value is -1.99. The Morgan fingerprint density at radius 1 is 0.630 bits per heavy atom. The summed E-state index contributed by atoms with van der Waals surface area (Å²) in [6, 6.07) is 7.61. The third-order valence-electron chi connectivity index (χ3n) is 10.2. The number of benzene rings is 1. The van der Waals surface area contributed by atoms with Crippen LogP contribution < -0.4 is 5.32 Å². The van der Waals surface area contributed by atoms with Gasteiger partial charge in [0.25, 0.3) is 0 Å². The zero-order valence-corrected chi connectivity index (χ0v) is 35.4. The zero-order chi connectivity index (χ0) is 39.4. The first kappa shape index (κ1) is 50.0. The van der Waals surface area contributed by atoms with Crippen molar-refractivity contribution in [1.29, 1.82) is 0 Å². The van der Waals surface area contributed by atoms with E-state index in [1.165, 1.54) is 148 Å². The first-order chi connectivity index (χ1) is 26.3. The van der Waals surface area contributed by atoms with Crippen molar-refractivity contribution >= 4 is 19.7 Å². The Bertz CT molecular complexity index is 1090. The van der Waals surface area contributed by atoms with E-state index in [1.54, 1.807) is 36.4 Å². The fourth-order valence-corrected chi connectivity index (χ4v) is 7.22. The molecule has 0 saturated carbocycles. The summed E-state index contributed by atoms with van der Waals surface area (Å²) in [6.45, 7) is 4.02. The van der Waals surface area contributed by atoms with Crippen molar-refractivity contribution in [2.45, 2.75) is 219 Å². The van der Waals surface area contributed by atoms with Crippen molar-refractivity contribution < 1.29 is 33.2 Å². The van der Waals surface area contributed by atoms with Crippen molar-refractivity contribution in [2.24, 2.45) is 0 Å². The van der Waals surface area contributed by atoms with E-state index >= 15 is 0 Å². The van der Waals surface area contributed by atoms with Crippen molar-refractivity contribution in [1.82, 2.24) is 5.32 Å². The number of rotatable bonds is 38. The summed E-state index contributed by atoms with van der Waals surface area (Å²) >= 11 is 0. The number of phosphoric ester groups is 1. The molecule has 3 N–H and O–H groups in total. The molecule has 1 rings (SSSR count). The van der Waals surface area contributed by atoms with Crippen LogP contribution in [-0.2, 0) is 18.6 Å². The Morgan fingerprint density at radius 2 is 1.04 bits per heavy atom. The van der Waals surface area contributed by atoms with Crippen LogP contribution in [0.25, 0.3) is 0 Å². The Balaban J connectivity index is 2.53. The van der Waals surface area contributed by atoms with E-state index in [0.29, 0.717) is 5.56 Å². The van der Waals surface area contributed by atoms with Gasteiger partial charge in [0.1, 0.15) is 6.10 Å². The SMILES string of the molecule is CCCCCCCCCCCCCCC/C=C/[C@@H](OC(=O)c1ccccc1)[C@H](COP(=O)(O)O)NC(=O)CCCCCCCCCCCCCCCCC. The van der Waals surface area contributed by atoms with Gasteiger partial charge >= 0.3 is 13.8 Å². The largest absolute Gasteiger partial charge is 0.469 e. The molecule has 2 atom stereocenters. The van der Waals surface area contributed by atoms with E-state index in [9.17, 15) is 23.9 Å². The summed E-state index contributed by atoms with van der Waals surface area (Å²) in [5.74, 6) is -0.835. The van der Waals surface area contributed by atoms with Gasteiger partial charge in [0.05, 0.1) is 18.2 Å². The van der Waals surface area contributed by atoms with Gasteiger partial charge in [-0.1, -0.05) is 205 Å². The lowest BCUT2D eigenvalue weighted by Gasteiger charge is -2.26. The highest BCUT2D eigenvalue weighted by Crippen LogP contribution is 2.36. The van der Waals surface area contributed by atoms with Gasteiger partial charge in [-0.3, -0.25) is 9.32 Å². The van der Waals surface area contributed by atoms with E-state index < -0.39 is 32.5 Å². The number of carbonyl (C=O) groups excluding carboxylic acids is 2. The lowest BCUT2D eigenvalue weighted by molar-refractivity contribution is -0.123. The highest BCUT2D eigenvalue weighted by molar-refractivity contribution is 7.46. The summed E-state index contributed by atoms with van der Waals surface area (Å²) in [4.78, 5) is 45.1. The smallest absolute Gasteiger partial charge is 0.452 e. The number of hydrogen-bond donors (Lipinski definition) is 3. The Morgan fingerprint density at radius 3 is 1.46 bits per heavy atom. The van der Waals surface area contributed by atoms with Crippen LogP contribution in [0.4, 0.5) is 0 Å². The number of esters is 1. The molecule has 9 heteroatoms. The summed E-state index contributed by atoms with van der Waals surface area (Å²) in [6.07, 6.45) is 38.9. The van der Waals surface area contributed by atoms with Crippen LogP contribution in [0.3, 0.4) is 0 Å². The normalized spacial score (nSPS) is 13.0. The van der Waals surface area contributed by atoms with Crippen LogP contribution in [0.2, 0.25) is 0 Å². The number of unbranched alkanes of at least 4 members (excludes halogenated alkanes) is 27. The van der Waals surface area contributed by atoms with Crippen molar-refractivity contribution in [2.75, 3.05) is 6.61 Å². The number of allylic oxidation sites excluding steroid dienone is 1. The van der Waals surface area contributed by atoms with E-state index in [0.717, 1.165) is 38.5 Å². The van der Waals surface area contributed by atoms with E-state index in [4.69, 9.17) is 9.26 Å². The number of amides is 1. The lowest BCUT2D eigenvalue weighted by atomic mass is 10.0. The van der Waals surface area contributed by atoms with Crippen LogP contribution in [-0.4, -0.2) is 40.4 Å². The van der Waals surface area contributed by atoms with Crippen molar-refractivity contribution in [3.8, 4) is 0 Å². The second-order valence-corrected chi connectivity index (χ2v) is 16.6. The topological polar surface area (TPSA) is 122 Å². The Labute approximate surface area is 330 Å². The monoisotopic (exact) mass is 778 g/mol. The molecule has 8 nitrogen and oxygen atoms in total. The summed E-state index contributed by atoms with van der Waals surface area (Å²) in [5, 5.41) is 2.86. The highest BCUT2D eigenvalue weighted by atomic mass is 31.2. The molecule has 0 aromatic heterocycles. The maximum atomic E-state index is 13.1. The molecule has 0 unspecified atom stereocenters. The van der Waals surface area contributed by atoms with Crippen LogP contribution in [0.15, 0.2) is 42.5 Å². The van der Waals surface area contributed by atoms with Crippen LogP contribution in [0.5, 0.6) is 0 Å². The molecule has 1 aromatic rings. The van der Waals surface area contributed by atoms with Crippen molar-refractivity contribution in [3.63, 3.8) is 0 Å². The number of hydrogen-bond acceptors (Lipinski definition) is 5. The molecule has 0 saturated heterocycles. The molecule has 0 aliphatic heterocycles. The predicted octanol–water partition coefficient (Wildman–Crippen LogP) is 13.1. The molecule has 0 fully saturated rings. The highest BCUT2D eigenvalue weighted by Gasteiger charge is 2.28. The first-order valence-electron chi connectivity index (χ1n) is 22.2. The van der Waals surface area contributed by atoms with E-state index in [2.05, 4.69) is 19.2 Å². The van der Waals surface area contributed by atoms with Gasteiger partial charge in [0.2, 0.25) is 5.91 Å². The average Bonchev–Trinajstić information content (AvgIpc) is 3.16. The molecule has 312 valence electrons. The quantitative estimate of drug-likeness (QED) is 0.0264.